The van der Waals surface area contributed by atoms with Gasteiger partial charge in [0, 0.05) is 0 Å². The number of hydrogen-bond acceptors (Lipinski definition) is 0. The van der Waals surface area contributed by atoms with Crippen molar-refractivity contribution in [1.29, 1.82) is 0 Å². The topological polar surface area (TPSA) is 0 Å². The molecule has 8 atom stereocenters. The van der Waals surface area contributed by atoms with Crippen molar-refractivity contribution in [3.63, 3.8) is 0 Å². The third-order valence-electron chi connectivity index (χ3n) is 9.33. The number of hydrogen-bond donors (Lipinski definition) is 0. The lowest BCUT2D eigenvalue weighted by Gasteiger charge is -2.49. The van der Waals surface area contributed by atoms with E-state index in [2.05, 4.69) is 55.4 Å². The van der Waals surface area contributed by atoms with E-state index >= 15 is 0 Å². The first-order valence-corrected chi connectivity index (χ1v) is 11.1. The summed E-state index contributed by atoms with van der Waals surface area (Å²) in [5.74, 6) is 7.77. The summed E-state index contributed by atoms with van der Waals surface area (Å²) < 4.78 is 0. The van der Waals surface area contributed by atoms with Crippen LogP contribution in [0.25, 0.3) is 0 Å². The lowest BCUT2D eigenvalue weighted by atomic mass is 9.55. The SMILES string of the molecule is CCC1CC2(C)CC3C2C1C(C)(CCC(CC(C)C)C(C)C)C3C. The lowest BCUT2D eigenvalue weighted by molar-refractivity contribution is -0.00742. The molecule has 0 nitrogen and oxygen atoms in total. The Morgan fingerprint density at radius 2 is 1.67 bits per heavy atom. The van der Waals surface area contributed by atoms with Crippen LogP contribution in [0.3, 0.4) is 0 Å². The fraction of sp³-hybridized carbons (Fsp3) is 1.00. The monoisotopic (exact) mass is 332 g/mol. The molecule has 3 fully saturated rings. The van der Waals surface area contributed by atoms with Crippen LogP contribution in [0.4, 0.5) is 0 Å². The molecule has 0 radical (unpaired) electrons. The van der Waals surface area contributed by atoms with E-state index in [4.69, 9.17) is 0 Å². The van der Waals surface area contributed by atoms with E-state index in [0.717, 1.165) is 52.8 Å². The molecule has 0 aliphatic heterocycles. The van der Waals surface area contributed by atoms with Gasteiger partial charge in [0.2, 0.25) is 0 Å². The Bertz CT molecular complexity index is 449. The molecule has 0 saturated heterocycles. The standard InChI is InChI=1S/C24H44/c1-9-18-13-23(7)14-20-17(6)24(8,21(18)22(20)23)11-10-19(16(4)5)12-15(2)3/h15-22H,9-14H2,1-8H3. The minimum Gasteiger partial charge on any atom is -0.0651 e. The molecule has 0 aromatic rings. The third-order valence-corrected chi connectivity index (χ3v) is 9.33. The Morgan fingerprint density at radius 1 is 1.00 bits per heavy atom. The van der Waals surface area contributed by atoms with E-state index in [1.54, 1.807) is 6.42 Å². The van der Waals surface area contributed by atoms with Gasteiger partial charge in [-0.2, -0.15) is 0 Å². The maximum atomic E-state index is 2.71. The molecular weight excluding hydrogens is 288 g/mol. The molecule has 8 unspecified atom stereocenters. The van der Waals surface area contributed by atoms with E-state index in [1.165, 1.54) is 32.1 Å². The zero-order valence-corrected chi connectivity index (χ0v) is 17.9. The van der Waals surface area contributed by atoms with Gasteiger partial charge in [0.25, 0.3) is 0 Å². The Morgan fingerprint density at radius 3 is 2.21 bits per heavy atom. The Balaban J connectivity index is 1.76. The molecule has 0 spiro atoms. The first-order chi connectivity index (χ1) is 11.1. The van der Waals surface area contributed by atoms with Crippen molar-refractivity contribution < 1.29 is 0 Å². The highest BCUT2D eigenvalue weighted by Crippen LogP contribution is 2.78. The highest BCUT2D eigenvalue weighted by molar-refractivity contribution is 5.19. The summed E-state index contributed by atoms with van der Waals surface area (Å²) in [6.45, 7) is 20.2. The molecule has 0 bridgehead atoms. The van der Waals surface area contributed by atoms with Crippen molar-refractivity contribution >= 4 is 0 Å². The van der Waals surface area contributed by atoms with E-state index in [1.807, 2.05) is 0 Å². The van der Waals surface area contributed by atoms with Gasteiger partial charge in [0.05, 0.1) is 0 Å². The summed E-state index contributed by atoms with van der Waals surface area (Å²) in [6, 6.07) is 0. The van der Waals surface area contributed by atoms with Crippen LogP contribution in [0.2, 0.25) is 0 Å². The molecule has 3 rings (SSSR count). The van der Waals surface area contributed by atoms with Crippen LogP contribution in [0, 0.1) is 58.2 Å². The quantitative estimate of drug-likeness (QED) is 0.454. The zero-order chi connectivity index (χ0) is 17.9. The van der Waals surface area contributed by atoms with Gasteiger partial charge in [0.1, 0.15) is 0 Å². The molecule has 0 aromatic carbocycles. The van der Waals surface area contributed by atoms with Gasteiger partial charge < -0.3 is 0 Å². The first kappa shape index (κ1) is 18.8. The summed E-state index contributed by atoms with van der Waals surface area (Å²) in [5, 5.41) is 0. The molecule has 0 N–H and O–H groups in total. The Labute approximate surface area is 152 Å². The first-order valence-electron chi connectivity index (χ1n) is 11.1. The van der Waals surface area contributed by atoms with Gasteiger partial charge in [-0.25, -0.2) is 0 Å². The van der Waals surface area contributed by atoms with Crippen molar-refractivity contribution in [2.24, 2.45) is 58.2 Å². The lowest BCUT2D eigenvalue weighted by Crippen LogP contribution is -2.42. The minimum atomic E-state index is 0.619. The van der Waals surface area contributed by atoms with Crippen LogP contribution in [0.1, 0.15) is 93.9 Å². The third kappa shape index (κ3) is 2.69. The molecule has 0 aromatic heterocycles. The summed E-state index contributed by atoms with van der Waals surface area (Å²) >= 11 is 0. The molecule has 3 aliphatic carbocycles. The molecule has 0 heterocycles. The van der Waals surface area contributed by atoms with Gasteiger partial charge in [0.15, 0.2) is 0 Å². The maximum Gasteiger partial charge on any atom is -0.0263 e. The minimum absolute atomic E-state index is 0.619. The largest absolute Gasteiger partial charge is 0.0651 e. The highest BCUT2D eigenvalue weighted by Gasteiger charge is 2.71. The highest BCUT2D eigenvalue weighted by atomic mass is 14.8. The van der Waals surface area contributed by atoms with Crippen LogP contribution in [-0.2, 0) is 0 Å². The smallest absolute Gasteiger partial charge is 0.0263 e. The van der Waals surface area contributed by atoms with Crippen molar-refractivity contribution in [3.05, 3.63) is 0 Å². The van der Waals surface area contributed by atoms with Gasteiger partial charge in [-0.15, -0.1) is 0 Å². The molecule has 0 amide bonds. The maximum absolute atomic E-state index is 2.71. The molecular formula is C24H44. The Hall–Kier alpha value is 0. The molecule has 24 heavy (non-hydrogen) atoms. The predicted molar refractivity (Wildman–Crippen MR) is 106 cm³/mol. The van der Waals surface area contributed by atoms with E-state index in [-0.39, 0.29) is 0 Å². The summed E-state index contributed by atoms with van der Waals surface area (Å²) in [5.41, 5.74) is 1.34. The van der Waals surface area contributed by atoms with Crippen LogP contribution in [-0.4, -0.2) is 0 Å². The second kappa shape index (κ2) is 6.31. The average Bonchev–Trinajstić information content (AvgIpc) is 2.82. The molecule has 0 heteroatoms. The van der Waals surface area contributed by atoms with E-state index in [9.17, 15) is 0 Å². The van der Waals surface area contributed by atoms with Crippen molar-refractivity contribution in [1.82, 2.24) is 0 Å². The molecule has 3 saturated carbocycles. The zero-order valence-electron chi connectivity index (χ0n) is 17.9. The summed E-state index contributed by atoms with van der Waals surface area (Å²) in [4.78, 5) is 0. The number of rotatable bonds is 7. The fourth-order valence-electron chi connectivity index (χ4n) is 7.94. The molecule has 140 valence electrons. The van der Waals surface area contributed by atoms with Crippen molar-refractivity contribution in [3.8, 4) is 0 Å². The Kier molecular flexibility index (Phi) is 4.94. The predicted octanol–water partition coefficient (Wildman–Crippen LogP) is 7.43. The van der Waals surface area contributed by atoms with E-state index < -0.39 is 0 Å². The fourth-order valence-corrected chi connectivity index (χ4v) is 7.94. The van der Waals surface area contributed by atoms with Crippen LogP contribution < -0.4 is 0 Å². The van der Waals surface area contributed by atoms with Gasteiger partial charge in [-0.1, -0.05) is 61.8 Å². The van der Waals surface area contributed by atoms with E-state index in [0.29, 0.717) is 5.41 Å². The van der Waals surface area contributed by atoms with Crippen molar-refractivity contribution in [2.75, 3.05) is 0 Å². The summed E-state index contributed by atoms with van der Waals surface area (Å²) in [6.07, 6.45) is 8.89. The van der Waals surface area contributed by atoms with Crippen LogP contribution in [0.5, 0.6) is 0 Å². The normalized spacial score (nSPS) is 48.0. The van der Waals surface area contributed by atoms with Gasteiger partial charge in [-0.3, -0.25) is 0 Å². The summed E-state index contributed by atoms with van der Waals surface area (Å²) in [7, 11) is 0. The average molecular weight is 333 g/mol. The van der Waals surface area contributed by atoms with Crippen LogP contribution >= 0.6 is 0 Å². The van der Waals surface area contributed by atoms with Crippen molar-refractivity contribution in [2.45, 2.75) is 93.9 Å². The van der Waals surface area contributed by atoms with Gasteiger partial charge >= 0.3 is 0 Å². The molecule has 3 aliphatic rings. The second-order valence-electron chi connectivity index (χ2n) is 11.4. The van der Waals surface area contributed by atoms with Gasteiger partial charge in [-0.05, 0) is 90.3 Å². The van der Waals surface area contributed by atoms with Crippen LogP contribution in [0.15, 0.2) is 0 Å². The second-order valence-corrected chi connectivity index (χ2v) is 11.4.